The number of unbranched alkanes of at least 4 members (excludes halogenated alkanes) is 1. The monoisotopic (exact) mass is 194 g/mol. The number of aryl methyl sites for hydroxylation is 1. The van der Waals surface area contributed by atoms with Crippen molar-refractivity contribution in [3.05, 3.63) is 28.5 Å². The van der Waals surface area contributed by atoms with Gasteiger partial charge in [0.2, 0.25) is 0 Å². The van der Waals surface area contributed by atoms with E-state index in [2.05, 4.69) is 11.9 Å². The molecular formula is C10H11ClN2. The zero-order chi connectivity index (χ0) is 9.68. The number of aromatic nitrogens is 1. The van der Waals surface area contributed by atoms with Crippen molar-refractivity contribution in [1.82, 2.24) is 4.98 Å². The molecule has 0 aliphatic carbocycles. The summed E-state index contributed by atoms with van der Waals surface area (Å²) >= 11 is 5.96. The Labute approximate surface area is 83.2 Å². The Morgan fingerprint density at radius 1 is 1.62 bits per heavy atom. The molecule has 0 aliphatic rings. The summed E-state index contributed by atoms with van der Waals surface area (Å²) in [5.74, 6) is 0. The first-order valence-corrected chi connectivity index (χ1v) is 4.71. The zero-order valence-electron chi connectivity index (χ0n) is 7.55. The number of nitrogens with zero attached hydrogens (tertiary/aromatic N) is 2. The Morgan fingerprint density at radius 2 is 2.38 bits per heavy atom. The van der Waals surface area contributed by atoms with Crippen LogP contribution in [-0.4, -0.2) is 4.98 Å². The minimum Gasteiger partial charge on any atom is -0.260 e. The molecule has 0 saturated carbocycles. The van der Waals surface area contributed by atoms with E-state index in [1.807, 2.05) is 6.07 Å². The van der Waals surface area contributed by atoms with Crippen LogP contribution in [0.2, 0.25) is 5.02 Å². The lowest BCUT2D eigenvalue weighted by Crippen LogP contribution is -1.93. The fourth-order valence-corrected chi connectivity index (χ4v) is 1.34. The number of halogens is 1. The van der Waals surface area contributed by atoms with Crippen LogP contribution in [0.3, 0.4) is 0 Å². The van der Waals surface area contributed by atoms with E-state index in [1.165, 1.54) is 0 Å². The third-order valence-electron chi connectivity index (χ3n) is 1.85. The summed E-state index contributed by atoms with van der Waals surface area (Å²) in [6.07, 6.45) is 4.65. The molecule has 0 unspecified atom stereocenters. The summed E-state index contributed by atoms with van der Waals surface area (Å²) in [7, 11) is 0. The second-order valence-corrected chi connectivity index (χ2v) is 3.21. The molecule has 0 atom stereocenters. The first-order chi connectivity index (χ1) is 6.29. The van der Waals surface area contributed by atoms with Gasteiger partial charge in [-0.3, -0.25) is 4.98 Å². The summed E-state index contributed by atoms with van der Waals surface area (Å²) in [6.45, 7) is 2.11. The Hall–Kier alpha value is -1.07. The number of pyridine rings is 1. The Balaban J connectivity index is 2.90. The van der Waals surface area contributed by atoms with Gasteiger partial charge in [0, 0.05) is 6.20 Å². The van der Waals surface area contributed by atoms with Crippen LogP contribution >= 0.6 is 11.6 Å². The molecule has 1 rings (SSSR count). The van der Waals surface area contributed by atoms with E-state index in [1.54, 1.807) is 12.3 Å². The van der Waals surface area contributed by atoms with Gasteiger partial charge < -0.3 is 0 Å². The van der Waals surface area contributed by atoms with Gasteiger partial charge in [-0.1, -0.05) is 24.9 Å². The molecule has 1 aromatic heterocycles. The van der Waals surface area contributed by atoms with Crippen LogP contribution in [0.4, 0.5) is 0 Å². The highest BCUT2D eigenvalue weighted by atomic mass is 35.5. The third kappa shape index (κ3) is 2.43. The normalized spacial score (nSPS) is 9.62. The lowest BCUT2D eigenvalue weighted by Gasteiger charge is -2.02. The summed E-state index contributed by atoms with van der Waals surface area (Å²) in [4.78, 5) is 4.14. The average Bonchev–Trinajstić information content (AvgIpc) is 2.16. The van der Waals surface area contributed by atoms with E-state index in [0.29, 0.717) is 10.6 Å². The van der Waals surface area contributed by atoms with E-state index in [9.17, 15) is 0 Å². The van der Waals surface area contributed by atoms with Crippen molar-refractivity contribution >= 4 is 11.6 Å². The van der Waals surface area contributed by atoms with Crippen LogP contribution in [0.5, 0.6) is 0 Å². The van der Waals surface area contributed by atoms with E-state index in [0.717, 1.165) is 25.0 Å². The molecule has 0 N–H and O–H groups in total. The van der Waals surface area contributed by atoms with Gasteiger partial charge in [0.25, 0.3) is 0 Å². The minimum atomic E-state index is 0.512. The molecule has 68 valence electrons. The highest BCUT2D eigenvalue weighted by Crippen LogP contribution is 2.19. The first-order valence-electron chi connectivity index (χ1n) is 4.33. The van der Waals surface area contributed by atoms with Crippen molar-refractivity contribution in [3.63, 3.8) is 0 Å². The fraction of sp³-hybridized carbons (Fsp3) is 0.400. The second-order valence-electron chi connectivity index (χ2n) is 2.83. The van der Waals surface area contributed by atoms with Gasteiger partial charge in [0.1, 0.15) is 6.07 Å². The summed E-state index contributed by atoms with van der Waals surface area (Å²) in [5, 5.41) is 9.22. The largest absolute Gasteiger partial charge is 0.260 e. The zero-order valence-corrected chi connectivity index (χ0v) is 8.30. The molecular weight excluding hydrogens is 184 g/mol. The molecule has 0 fully saturated rings. The SMILES string of the molecule is CCCCc1nccc(C#N)c1Cl. The van der Waals surface area contributed by atoms with Gasteiger partial charge >= 0.3 is 0 Å². The maximum Gasteiger partial charge on any atom is 0.101 e. The molecule has 1 heterocycles. The van der Waals surface area contributed by atoms with Crippen molar-refractivity contribution in [1.29, 1.82) is 5.26 Å². The molecule has 0 saturated heterocycles. The van der Waals surface area contributed by atoms with Crippen LogP contribution in [0.1, 0.15) is 31.0 Å². The molecule has 0 spiro atoms. The molecule has 0 aromatic carbocycles. The van der Waals surface area contributed by atoms with Crippen molar-refractivity contribution in [3.8, 4) is 6.07 Å². The van der Waals surface area contributed by atoms with Gasteiger partial charge in [-0.2, -0.15) is 5.26 Å². The van der Waals surface area contributed by atoms with Crippen LogP contribution in [0, 0.1) is 11.3 Å². The summed E-state index contributed by atoms with van der Waals surface area (Å²) < 4.78 is 0. The molecule has 0 radical (unpaired) electrons. The minimum absolute atomic E-state index is 0.512. The molecule has 2 nitrogen and oxygen atoms in total. The molecule has 0 aliphatic heterocycles. The predicted octanol–water partition coefficient (Wildman–Crippen LogP) is 2.95. The van der Waals surface area contributed by atoms with Gasteiger partial charge in [0.15, 0.2) is 0 Å². The summed E-state index contributed by atoms with van der Waals surface area (Å²) in [6, 6.07) is 3.68. The Morgan fingerprint density at radius 3 is 3.00 bits per heavy atom. The number of nitriles is 1. The van der Waals surface area contributed by atoms with Crippen LogP contribution in [0.15, 0.2) is 12.3 Å². The Bertz CT molecular complexity index is 328. The maximum atomic E-state index is 8.71. The highest BCUT2D eigenvalue weighted by molar-refractivity contribution is 6.32. The second kappa shape index (κ2) is 4.84. The lowest BCUT2D eigenvalue weighted by molar-refractivity contribution is 0.776. The van der Waals surface area contributed by atoms with Gasteiger partial charge in [-0.25, -0.2) is 0 Å². The van der Waals surface area contributed by atoms with E-state index in [4.69, 9.17) is 16.9 Å². The summed E-state index contributed by atoms with van der Waals surface area (Å²) in [5.41, 5.74) is 1.35. The molecule has 13 heavy (non-hydrogen) atoms. The number of hydrogen-bond donors (Lipinski definition) is 0. The van der Waals surface area contributed by atoms with Crippen LogP contribution in [0.25, 0.3) is 0 Å². The predicted molar refractivity (Wildman–Crippen MR) is 52.6 cm³/mol. The first kappa shape index (κ1) is 10.0. The van der Waals surface area contributed by atoms with Crippen molar-refractivity contribution in [2.45, 2.75) is 26.2 Å². The Kier molecular flexibility index (Phi) is 3.72. The van der Waals surface area contributed by atoms with Gasteiger partial charge in [-0.15, -0.1) is 0 Å². The van der Waals surface area contributed by atoms with Crippen molar-refractivity contribution < 1.29 is 0 Å². The average molecular weight is 195 g/mol. The van der Waals surface area contributed by atoms with Crippen molar-refractivity contribution in [2.24, 2.45) is 0 Å². The number of hydrogen-bond acceptors (Lipinski definition) is 2. The van der Waals surface area contributed by atoms with Crippen LogP contribution in [-0.2, 0) is 6.42 Å². The van der Waals surface area contributed by atoms with E-state index < -0.39 is 0 Å². The van der Waals surface area contributed by atoms with Gasteiger partial charge in [0.05, 0.1) is 16.3 Å². The topological polar surface area (TPSA) is 36.7 Å². The van der Waals surface area contributed by atoms with Crippen molar-refractivity contribution in [2.75, 3.05) is 0 Å². The third-order valence-corrected chi connectivity index (χ3v) is 2.27. The molecule has 3 heteroatoms. The standard InChI is InChI=1S/C10H11ClN2/c1-2-3-4-9-10(11)8(7-12)5-6-13-9/h5-6H,2-4H2,1H3. The lowest BCUT2D eigenvalue weighted by atomic mass is 10.1. The van der Waals surface area contributed by atoms with E-state index in [-0.39, 0.29) is 0 Å². The fourth-order valence-electron chi connectivity index (χ4n) is 1.09. The molecule has 0 amide bonds. The van der Waals surface area contributed by atoms with Crippen LogP contribution < -0.4 is 0 Å². The maximum absolute atomic E-state index is 8.71. The smallest absolute Gasteiger partial charge is 0.101 e. The quantitative estimate of drug-likeness (QED) is 0.742. The molecule has 0 bridgehead atoms. The van der Waals surface area contributed by atoms with E-state index >= 15 is 0 Å². The van der Waals surface area contributed by atoms with Gasteiger partial charge in [-0.05, 0) is 18.9 Å². The highest BCUT2D eigenvalue weighted by Gasteiger charge is 2.05. The molecule has 1 aromatic rings. The number of rotatable bonds is 3.